The number of rotatable bonds is 4. The molecule has 6 N–H and O–H groups in total. The number of carbonyl (C=O) groups is 4. The Hall–Kier alpha value is -2.16. The summed E-state index contributed by atoms with van der Waals surface area (Å²) < 4.78 is 0. The molecule has 0 aliphatic heterocycles. The molecule has 0 bridgehead atoms. The van der Waals surface area contributed by atoms with Crippen LogP contribution in [0.1, 0.15) is 12.8 Å². The molecular weight excluding hydrogens is 226 g/mol. The fourth-order valence-corrected chi connectivity index (χ4v) is 0.402. The van der Waals surface area contributed by atoms with Crippen molar-refractivity contribution in [2.45, 2.75) is 18.9 Å². The lowest BCUT2D eigenvalue weighted by Crippen LogP contribution is -2.30. The summed E-state index contributed by atoms with van der Waals surface area (Å²) in [5, 5.41) is 31.1. The smallest absolute Gasteiger partial charge is 0.414 e. The lowest BCUT2D eigenvalue weighted by atomic mass is 10.2. The summed E-state index contributed by atoms with van der Waals surface area (Å²) in [5.74, 6) is -5.84. The van der Waals surface area contributed by atoms with E-state index in [0.717, 1.165) is 0 Å². The molecule has 0 amide bonds. The molecule has 0 spiro atoms. The molecule has 1 atom stereocenters. The second-order valence-electron chi connectivity index (χ2n) is 2.49. The predicted molar refractivity (Wildman–Crippen MR) is 47.8 cm³/mol. The van der Waals surface area contributed by atoms with Gasteiger partial charge in [0.1, 0.15) is 6.04 Å². The Bertz CT molecular complexity index is 274. The lowest BCUT2D eigenvalue weighted by molar-refractivity contribution is -0.159. The Morgan fingerprint density at radius 3 is 1.50 bits per heavy atom. The number of carboxylic acids is 4. The molecule has 16 heavy (non-hydrogen) atoms. The van der Waals surface area contributed by atoms with Crippen molar-refractivity contribution in [1.82, 2.24) is 0 Å². The van der Waals surface area contributed by atoms with Crippen LogP contribution in [0.3, 0.4) is 0 Å². The van der Waals surface area contributed by atoms with E-state index in [4.69, 9.17) is 35.7 Å². The maximum atomic E-state index is 9.99. The molecular formula is C7H11NO8. The molecule has 0 aromatic heterocycles. The highest BCUT2D eigenvalue weighted by Gasteiger charge is 2.12. The molecule has 0 saturated carbocycles. The van der Waals surface area contributed by atoms with Crippen LogP contribution in [0.25, 0.3) is 0 Å². The maximum Gasteiger partial charge on any atom is 0.414 e. The Kier molecular flexibility index (Phi) is 8.31. The molecule has 0 aromatic carbocycles. The quantitative estimate of drug-likeness (QED) is 0.361. The van der Waals surface area contributed by atoms with Gasteiger partial charge in [-0.05, 0) is 6.42 Å². The van der Waals surface area contributed by atoms with Crippen LogP contribution in [-0.2, 0) is 19.2 Å². The van der Waals surface area contributed by atoms with Gasteiger partial charge < -0.3 is 26.2 Å². The summed E-state index contributed by atoms with van der Waals surface area (Å²) in [6, 6.07) is -1.06. The molecule has 92 valence electrons. The Labute approximate surface area is 89.1 Å². The first-order chi connectivity index (χ1) is 7.18. The molecule has 9 nitrogen and oxygen atoms in total. The maximum absolute atomic E-state index is 9.99. The molecule has 0 heterocycles. The van der Waals surface area contributed by atoms with Gasteiger partial charge in [0, 0.05) is 6.42 Å². The van der Waals surface area contributed by atoms with Crippen molar-refractivity contribution in [3.8, 4) is 0 Å². The van der Waals surface area contributed by atoms with Crippen molar-refractivity contribution in [2.75, 3.05) is 0 Å². The largest absolute Gasteiger partial charge is 0.481 e. The SMILES string of the molecule is N[C@@H](CCC(=O)O)C(=O)O.O=C(O)C(=O)O. The van der Waals surface area contributed by atoms with Crippen LogP contribution in [0.5, 0.6) is 0 Å². The third kappa shape index (κ3) is 11.8. The molecule has 0 aliphatic rings. The molecule has 0 unspecified atom stereocenters. The summed E-state index contributed by atoms with van der Waals surface area (Å²) in [6.07, 6.45) is -0.224. The monoisotopic (exact) mass is 237 g/mol. The van der Waals surface area contributed by atoms with Crippen molar-refractivity contribution in [1.29, 1.82) is 0 Å². The average Bonchev–Trinajstić information content (AvgIpc) is 2.14. The van der Waals surface area contributed by atoms with Crippen LogP contribution < -0.4 is 5.73 Å². The van der Waals surface area contributed by atoms with Gasteiger partial charge in [-0.2, -0.15) is 0 Å². The third-order valence-electron chi connectivity index (χ3n) is 1.17. The van der Waals surface area contributed by atoms with Crippen LogP contribution >= 0.6 is 0 Å². The second-order valence-corrected chi connectivity index (χ2v) is 2.49. The Balaban J connectivity index is 0. The minimum atomic E-state index is -1.82. The number of hydrogen-bond donors (Lipinski definition) is 5. The zero-order valence-corrected chi connectivity index (χ0v) is 7.99. The fourth-order valence-electron chi connectivity index (χ4n) is 0.402. The molecule has 0 rings (SSSR count). The van der Waals surface area contributed by atoms with E-state index in [2.05, 4.69) is 0 Å². The third-order valence-corrected chi connectivity index (χ3v) is 1.17. The van der Waals surface area contributed by atoms with Gasteiger partial charge in [-0.1, -0.05) is 0 Å². The highest BCUT2D eigenvalue weighted by molar-refractivity contribution is 6.27. The Morgan fingerprint density at radius 2 is 1.31 bits per heavy atom. The fraction of sp³-hybridized carbons (Fsp3) is 0.429. The van der Waals surface area contributed by atoms with Crippen LogP contribution in [0, 0.1) is 0 Å². The van der Waals surface area contributed by atoms with Crippen LogP contribution in [0.15, 0.2) is 0 Å². The van der Waals surface area contributed by atoms with Crippen molar-refractivity contribution in [3.63, 3.8) is 0 Å². The normalized spacial score (nSPS) is 10.6. The van der Waals surface area contributed by atoms with Crippen LogP contribution in [0.4, 0.5) is 0 Å². The first kappa shape index (κ1) is 16.3. The highest BCUT2D eigenvalue weighted by atomic mass is 16.4. The van der Waals surface area contributed by atoms with E-state index < -0.39 is 29.9 Å². The van der Waals surface area contributed by atoms with E-state index in [-0.39, 0.29) is 12.8 Å². The number of nitrogens with two attached hydrogens (primary N) is 1. The molecule has 0 aromatic rings. The minimum Gasteiger partial charge on any atom is -0.481 e. The van der Waals surface area contributed by atoms with E-state index in [9.17, 15) is 9.59 Å². The summed E-state index contributed by atoms with van der Waals surface area (Å²) >= 11 is 0. The van der Waals surface area contributed by atoms with Gasteiger partial charge in [0.15, 0.2) is 0 Å². The van der Waals surface area contributed by atoms with E-state index in [1.165, 1.54) is 0 Å². The van der Waals surface area contributed by atoms with Gasteiger partial charge in [-0.25, -0.2) is 9.59 Å². The van der Waals surface area contributed by atoms with Crippen molar-refractivity contribution >= 4 is 23.9 Å². The van der Waals surface area contributed by atoms with Crippen LogP contribution in [-0.4, -0.2) is 50.3 Å². The topological polar surface area (TPSA) is 175 Å². The van der Waals surface area contributed by atoms with Crippen molar-refractivity contribution < 1.29 is 39.6 Å². The predicted octanol–water partition coefficient (Wildman–Crippen LogP) is -1.58. The molecule has 0 fully saturated rings. The van der Waals surface area contributed by atoms with E-state index in [1.807, 2.05) is 0 Å². The van der Waals surface area contributed by atoms with Crippen LogP contribution in [0.2, 0.25) is 0 Å². The number of aliphatic carboxylic acids is 4. The number of carboxylic acid groups (broad SMARTS) is 4. The molecule has 0 saturated heterocycles. The van der Waals surface area contributed by atoms with Gasteiger partial charge in [-0.3, -0.25) is 9.59 Å². The minimum absolute atomic E-state index is 0.0231. The van der Waals surface area contributed by atoms with Crippen molar-refractivity contribution in [2.24, 2.45) is 5.73 Å². The standard InChI is InChI=1S/C5H9NO4.C2H2O4/c6-3(5(9)10)1-2-4(7)8;3-1(4)2(5)6/h3H,1-2,6H2,(H,7,8)(H,9,10);(H,3,4)(H,5,6)/t3-;/m0./s1. The van der Waals surface area contributed by atoms with Gasteiger partial charge in [0.25, 0.3) is 0 Å². The van der Waals surface area contributed by atoms with Gasteiger partial charge in [0.05, 0.1) is 0 Å². The van der Waals surface area contributed by atoms with Gasteiger partial charge >= 0.3 is 23.9 Å². The first-order valence-corrected chi connectivity index (χ1v) is 3.84. The Morgan fingerprint density at radius 1 is 0.938 bits per heavy atom. The molecule has 9 heteroatoms. The van der Waals surface area contributed by atoms with E-state index in [0.29, 0.717) is 0 Å². The lowest BCUT2D eigenvalue weighted by Gasteiger charge is -2.01. The zero-order valence-electron chi connectivity index (χ0n) is 7.99. The second kappa shape index (κ2) is 8.17. The zero-order chi connectivity index (χ0) is 13.3. The summed E-state index contributed by atoms with van der Waals surface area (Å²) in [5.41, 5.74) is 5.00. The average molecular weight is 237 g/mol. The van der Waals surface area contributed by atoms with Crippen molar-refractivity contribution in [3.05, 3.63) is 0 Å². The summed E-state index contributed by atoms with van der Waals surface area (Å²) in [7, 11) is 0. The molecule has 0 radical (unpaired) electrons. The first-order valence-electron chi connectivity index (χ1n) is 3.84. The van der Waals surface area contributed by atoms with Gasteiger partial charge in [-0.15, -0.1) is 0 Å². The van der Waals surface area contributed by atoms with Gasteiger partial charge in [0.2, 0.25) is 0 Å². The summed E-state index contributed by atoms with van der Waals surface area (Å²) in [6.45, 7) is 0. The van der Waals surface area contributed by atoms with E-state index in [1.54, 1.807) is 0 Å². The summed E-state index contributed by atoms with van der Waals surface area (Å²) in [4.78, 5) is 38.1. The molecule has 0 aliphatic carbocycles. The van der Waals surface area contributed by atoms with E-state index >= 15 is 0 Å². The number of hydrogen-bond acceptors (Lipinski definition) is 5. The highest BCUT2D eigenvalue weighted by Crippen LogP contribution is 1.93.